The molecule has 5 atom stereocenters. The highest BCUT2D eigenvalue weighted by Gasteiger charge is 2.49. The van der Waals surface area contributed by atoms with Gasteiger partial charge in [-0.15, -0.1) is 0 Å². The van der Waals surface area contributed by atoms with Crippen molar-refractivity contribution in [3.63, 3.8) is 0 Å². The maximum Gasteiger partial charge on any atom is 0.249 e. The zero-order valence-electron chi connectivity index (χ0n) is 31.4. The van der Waals surface area contributed by atoms with Crippen molar-refractivity contribution in [2.24, 2.45) is 11.8 Å². The fraction of sp³-hybridized carbons (Fsp3) is 0.477. The van der Waals surface area contributed by atoms with E-state index in [4.69, 9.17) is 0 Å². The molecule has 0 bridgehead atoms. The molecule has 10 nitrogen and oxygen atoms in total. The number of benzene rings is 3. The van der Waals surface area contributed by atoms with E-state index >= 15 is 0 Å². The van der Waals surface area contributed by atoms with Crippen LogP contribution in [0, 0.1) is 11.8 Å². The van der Waals surface area contributed by atoms with Gasteiger partial charge in [0, 0.05) is 56.9 Å². The summed E-state index contributed by atoms with van der Waals surface area (Å²) in [7, 11) is 0. The summed E-state index contributed by atoms with van der Waals surface area (Å²) >= 11 is 0. The minimum atomic E-state index is -0.527. The third kappa shape index (κ3) is 7.70. The van der Waals surface area contributed by atoms with Gasteiger partial charge in [-0.1, -0.05) is 61.5 Å². The molecule has 10 heteroatoms. The Balaban J connectivity index is 0.819. The first-order valence-electron chi connectivity index (χ1n) is 20.2. The lowest BCUT2D eigenvalue weighted by molar-refractivity contribution is -0.144. The quantitative estimate of drug-likeness (QED) is 0.171. The number of anilines is 1. The Hall–Kier alpha value is -4.51. The molecule has 8 rings (SSSR count). The summed E-state index contributed by atoms with van der Waals surface area (Å²) in [6.07, 6.45) is 7.10. The number of fused-ring (bicyclic) bond motifs is 1. The molecule has 3 aromatic rings. The van der Waals surface area contributed by atoms with Gasteiger partial charge in [-0.05, 0) is 110 Å². The summed E-state index contributed by atoms with van der Waals surface area (Å²) in [5.41, 5.74) is 7.28. The van der Waals surface area contributed by atoms with Crippen LogP contribution in [0.1, 0.15) is 75.0 Å². The van der Waals surface area contributed by atoms with Crippen molar-refractivity contribution in [3.8, 4) is 5.75 Å². The number of nitrogens with zero attached hydrogens (tertiary/aromatic N) is 3. The molecule has 0 radical (unpaired) electrons. The van der Waals surface area contributed by atoms with E-state index in [1.807, 2.05) is 12.1 Å². The van der Waals surface area contributed by atoms with Crippen LogP contribution in [0.25, 0.3) is 11.1 Å². The number of hydrogen-bond acceptors (Lipinski definition) is 8. The van der Waals surface area contributed by atoms with Gasteiger partial charge in [0.15, 0.2) is 0 Å². The largest absolute Gasteiger partial charge is 0.508 e. The molecule has 4 N–H and O–H groups in total. The van der Waals surface area contributed by atoms with Crippen molar-refractivity contribution in [2.75, 3.05) is 44.2 Å². The van der Waals surface area contributed by atoms with Crippen molar-refractivity contribution >= 4 is 34.6 Å². The van der Waals surface area contributed by atoms with Gasteiger partial charge >= 0.3 is 0 Å². The molecular weight excluding hydrogens is 677 g/mol. The first kappa shape index (κ1) is 36.5. The molecule has 5 aliphatic heterocycles. The number of carbonyl (C=O) groups is 3. The van der Waals surface area contributed by atoms with Crippen LogP contribution in [0.5, 0.6) is 5.75 Å². The average molecular weight is 731 g/mol. The first-order chi connectivity index (χ1) is 26.3. The van der Waals surface area contributed by atoms with Crippen molar-refractivity contribution in [1.82, 2.24) is 25.8 Å². The number of nitrogens with one attached hydrogen (secondary N) is 3. The highest BCUT2D eigenvalue weighted by Crippen LogP contribution is 2.37. The monoisotopic (exact) mass is 730 g/mol. The number of aromatic hydroxyl groups is 1. The van der Waals surface area contributed by atoms with Crippen LogP contribution in [0.3, 0.4) is 0 Å². The number of imide groups is 1. The Bertz CT molecular complexity index is 1840. The second-order valence-corrected chi connectivity index (χ2v) is 15.9. The third-order valence-electron chi connectivity index (χ3n) is 12.6. The lowest BCUT2D eigenvalue weighted by Crippen LogP contribution is -2.56. The fourth-order valence-electron chi connectivity index (χ4n) is 9.64. The van der Waals surface area contributed by atoms with E-state index in [-0.39, 0.29) is 41.6 Å². The van der Waals surface area contributed by atoms with Crippen molar-refractivity contribution in [3.05, 3.63) is 95.6 Å². The number of phenols is 1. The molecule has 5 fully saturated rings. The number of phenolic OH excluding ortho intramolecular Hbond substituents is 1. The molecule has 0 spiro atoms. The first-order valence-corrected chi connectivity index (χ1v) is 20.2. The number of likely N-dealkylation sites (tertiary alicyclic amines) is 2. The summed E-state index contributed by atoms with van der Waals surface area (Å²) in [5.74, 6) is 0.334. The maximum atomic E-state index is 13.2. The number of amides is 3. The van der Waals surface area contributed by atoms with Crippen LogP contribution in [-0.2, 0) is 14.4 Å². The number of allylic oxidation sites excluding steroid dienone is 1. The molecule has 54 heavy (non-hydrogen) atoms. The Kier molecular flexibility index (Phi) is 10.9. The Labute approximate surface area is 319 Å². The van der Waals surface area contributed by atoms with Gasteiger partial charge in [0.1, 0.15) is 11.8 Å². The smallest absolute Gasteiger partial charge is 0.249 e. The minimum Gasteiger partial charge on any atom is -0.508 e. The van der Waals surface area contributed by atoms with Gasteiger partial charge in [-0.25, -0.2) is 0 Å². The summed E-state index contributed by atoms with van der Waals surface area (Å²) in [6, 6.07) is 27.2. The number of rotatable bonds is 10. The second kappa shape index (κ2) is 16.1. The second-order valence-electron chi connectivity index (χ2n) is 15.9. The lowest BCUT2D eigenvalue weighted by Gasteiger charge is -2.37. The van der Waals surface area contributed by atoms with Crippen molar-refractivity contribution < 1.29 is 19.5 Å². The van der Waals surface area contributed by atoms with E-state index in [9.17, 15) is 19.5 Å². The van der Waals surface area contributed by atoms with Crippen LogP contribution >= 0.6 is 0 Å². The predicted molar refractivity (Wildman–Crippen MR) is 211 cm³/mol. The number of carbonyl (C=O) groups excluding carboxylic acids is 3. The molecule has 0 aromatic heterocycles. The van der Waals surface area contributed by atoms with Crippen LogP contribution < -0.4 is 20.9 Å². The normalized spacial score (nSPS) is 27.2. The zero-order valence-corrected chi connectivity index (χ0v) is 31.4. The molecule has 5 aliphatic rings. The molecule has 5 unspecified atom stereocenters. The summed E-state index contributed by atoms with van der Waals surface area (Å²) in [4.78, 5) is 44.2. The highest BCUT2D eigenvalue weighted by atomic mass is 16.3. The maximum absolute atomic E-state index is 13.2. The Morgan fingerprint density at radius 3 is 2.22 bits per heavy atom. The van der Waals surface area contributed by atoms with Gasteiger partial charge in [0.25, 0.3) is 0 Å². The fourth-order valence-corrected chi connectivity index (χ4v) is 9.64. The Morgan fingerprint density at radius 1 is 0.796 bits per heavy atom. The van der Waals surface area contributed by atoms with Crippen LogP contribution in [0.15, 0.2) is 78.9 Å². The van der Waals surface area contributed by atoms with E-state index in [1.54, 1.807) is 17.0 Å². The van der Waals surface area contributed by atoms with Gasteiger partial charge < -0.3 is 20.2 Å². The predicted octanol–water partition coefficient (Wildman–Crippen LogP) is 4.98. The van der Waals surface area contributed by atoms with Crippen molar-refractivity contribution in [2.45, 2.75) is 82.6 Å². The minimum absolute atomic E-state index is 0.0518. The molecule has 5 saturated heterocycles. The molecule has 0 saturated carbocycles. The van der Waals surface area contributed by atoms with Gasteiger partial charge in [0.2, 0.25) is 17.7 Å². The number of hydrogen-bond donors (Lipinski definition) is 4. The van der Waals surface area contributed by atoms with E-state index in [2.05, 4.69) is 87.3 Å². The van der Waals surface area contributed by atoms with Crippen molar-refractivity contribution in [1.29, 1.82) is 0 Å². The molecule has 5 heterocycles. The van der Waals surface area contributed by atoms with E-state index in [1.165, 1.54) is 40.8 Å². The summed E-state index contributed by atoms with van der Waals surface area (Å²) in [5, 5.41) is 20.1. The van der Waals surface area contributed by atoms with E-state index in [0.717, 1.165) is 64.0 Å². The third-order valence-corrected chi connectivity index (χ3v) is 12.6. The molecule has 0 aliphatic carbocycles. The summed E-state index contributed by atoms with van der Waals surface area (Å²) < 4.78 is 0. The van der Waals surface area contributed by atoms with Crippen LogP contribution in [0.4, 0.5) is 5.69 Å². The molecular formula is C44H54N6O4. The topological polar surface area (TPSA) is 117 Å². The molecule has 3 aromatic carbocycles. The average Bonchev–Trinajstić information content (AvgIpc) is 3.81. The lowest BCUT2D eigenvalue weighted by atomic mass is 9.88. The number of piperidine rings is 3. The van der Waals surface area contributed by atoms with Gasteiger partial charge in [-0.3, -0.25) is 29.9 Å². The SMILES string of the molecule is CC/C(=C(\c1ccc(O)cc1)c1ccc(N2CCC(CNC3CCN(C4CCC5C(=O)N(C6CCC(=O)NC6=O)CC5N4)C3)CC2)cc1)c1ccccc1. The van der Waals surface area contributed by atoms with Crippen LogP contribution in [-0.4, -0.2) is 96.2 Å². The van der Waals surface area contributed by atoms with Crippen LogP contribution in [0.2, 0.25) is 0 Å². The Morgan fingerprint density at radius 2 is 1.52 bits per heavy atom. The summed E-state index contributed by atoms with van der Waals surface area (Å²) in [6.45, 7) is 7.95. The van der Waals surface area contributed by atoms with E-state index < -0.39 is 6.04 Å². The van der Waals surface area contributed by atoms with E-state index in [0.29, 0.717) is 31.3 Å². The standard InChI is InChI=1S/C44H54N6O4/c1-2-36(30-6-4-3-5-7-30)42(32-10-14-35(51)15-11-32)31-8-12-34(13-9-31)48-23-20-29(21-24-48)26-45-33-22-25-49(27-33)40-18-16-37-38(46-40)28-50(44(37)54)39-17-19-41(52)47-43(39)53/h3-15,29,33,37-40,45-46,51H,2,16-28H2,1H3,(H,47,52,53)/b42-36+. The van der Waals surface area contributed by atoms with Gasteiger partial charge in [0.05, 0.1) is 12.1 Å². The van der Waals surface area contributed by atoms with Gasteiger partial charge in [-0.2, -0.15) is 0 Å². The molecule has 3 amide bonds. The highest BCUT2D eigenvalue weighted by molar-refractivity contribution is 6.02. The molecule has 284 valence electrons. The zero-order chi connectivity index (χ0) is 37.2.